The number of nitrogens with zero attached hydrogens (tertiary/aromatic N) is 2. The van der Waals surface area contributed by atoms with Gasteiger partial charge in [-0.05, 0) is 55.4 Å². The van der Waals surface area contributed by atoms with Crippen LogP contribution in [0.25, 0.3) is 10.2 Å². The van der Waals surface area contributed by atoms with Crippen LogP contribution >= 0.6 is 11.3 Å². The molecular weight excluding hydrogens is 377 g/mol. The molecule has 1 N–H and O–H groups in total. The van der Waals surface area contributed by atoms with Crippen LogP contribution in [0.4, 0.5) is 4.39 Å². The fraction of sp³-hybridized carbons (Fsp3) is 0.381. The molecule has 4 rings (SSSR count). The van der Waals surface area contributed by atoms with Crippen molar-refractivity contribution in [3.8, 4) is 0 Å². The van der Waals surface area contributed by atoms with Crippen molar-refractivity contribution in [2.45, 2.75) is 45.7 Å². The molecule has 2 heterocycles. The van der Waals surface area contributed by atoms with Gasteiger partial charge in [-0.15, -0.1) is 11.3 Å². The van der Waals surface area contributed by atoms with Gasteiger partial charge in [-0.1, -0.05) is 19.1 Å². The van der Waals surface area contributed by atoms with Gasteiger partial charge in [0.05, 0.1) is 17.8 Å². The van der Waals surface area contributed by atoms with Crippen molar-refractivity contribution in [3.05, 3.63) is 62.8 Å². The van der Waals surface area contributed by atoms with E-state index in [0.717, 1.165) is 35.2 Å². The molecule has 1 aromatic carbocycles. The molecule has 28 heavy (non-hydrogen) atoms. The highest BCUT2D eigenvalue weighted by molar-refractivity contribution is 7.18. The lowest BCUT2D eigenvalue weighted by Crippen LogP contribution is -2.34. The molecule has 146 valence electrons. The van der Waals surface area contributed by atoms with Gasteiger partial charge in [0.1, 0.15) is 17.2 Å². The Hall–Kier alpha value is -2.54. The highest BCUT2D eigenvalue weighted by Gasteiger charge is 2.23. The Morgan fingerprint density at radius 2 is 2.14 bits per heavy atom. The maximum Gasteiger partial charge on any atom is 0.262 e. The predicted octanol–water partition coefficient (Wildman–Crippen LogP) is 3.60. The quantitative estimate of drug-likeness (QED) is 0.729. The summed E-state index contributed by atoms with van der Waals surface area (Å²) in [5.74, 6) is 0.0287. The summed E-state index contributed by atoms with van der Waals surface area (Å²) in [6, 6.07) is 5.72. The smallest absolute Gasteiger partial charge is 0.262 e. The third-order valence-corrected chi connectivity index (χ3v) is 6.51. The van der Waals surface area contributed by atoms with Gasteiger partial charge in [0, 0.05) is 4.88 Å². The van der Waals surface area contributed by atoms with E-state index in [1.165, 1.54) is 27.9 Å². The zero-order chi connectivity index (χ0) is 19.8. The largest absolute Gasteiger partial charge is 0.348 e. The van der Waals surface area contributed by atoms with E-state index in [4.69, 9.17) is 0 Å². The number of amides is 1. The maximum atomic E-state index is 13.1. The molecule has 7 heteroatoms. The number of halogens is 1. The average molecular weight is 399 g/mol. The summed E-state index contributed by atoms with van der Waals surface area (Å²) < 4.78 is 14.4. The van der Waals surface area contributed by atoms with E-state index in [1.54, 1.807) is 23.5 Å². The van der Waals surface area contributed by atoms with Crippen LogP contribution in [0.2, 0.25) is 0 Å². The van der Waals surface area contributed by atoms with Crippen LogP contribution in [0.1, 0.15) is 42.3 Å². The van der Waals surface area contributed by atoms with Crippen molar-refractivity contribution >= 4 is 27.5 Å². The van der Waals surface area contributed by atoms with E-state index in [2.05, 4.69) is 17.2 Å². The molecule has 2 atom stereocenters. The number of fused-ring (bicyclic) bond motifs is 3. The molecule has 2 aromatic heterocycles. The fourth-order valence-corrected chi connectivity index (χ4v) is 5.10. The number of hydrogen-bond donors (Lipinski definition) is 1. The molecule has 0 saturated carbocycles. The van der Waals surface area contributed by atoms with Crippen molar-refractivity contribution in [3.63, 3.8) is 0 Å². The van der Waals surface area contributed by atoms with Crippen LogP contribution in [-0.2, 0) is 24.2 Å². The van der Waals surface area contributed by atoms with Crippen molar-refractivity contribution in [2.24, 2.45) is 5.92 Å². The SMILES string of the molecule is C[C@@H]1CCc2c(sc3ncn(CC(=O)N[C@H](C)c4ccc(F)cc4)c(=O)c23)C1. The van der Waals surface area contributed by atoms with Gasteiger partial charge in [-0.2, -0.15) is 0 Å². The Labute approximate surface area is 166 Å². The van der Waals surface area contributed by atoms with Gasteiger partial charge < -0.3 is 5.32 Å². The van der Waals surface area contributed by atoms with E-state index in [0.29, 0.717) is 11.3 Å². The molecule has 0 spiro atoms. The van der Waals surface area contributed by atoms with Crippen LogP contribution in [0.15, 0.2) is 35.4 Å². The fourth-order valence-electron chi connectivity index (χ4n) is 3.76. The lowest BCUT2D eigenvalue weighted by Gasteiger charge is -2.17. The third kappa shape index (κ3) is 3.58. The monoisotopic (exact) mass is 399 g/mol. The molecular formula is C21H22FN3O2S. The Balaban J connectivity index is 1.54. The van der Waals surface area contributed by atoms with E-state index in [1.807, 2.05) is 6.92 Å². The van der Waals surface area contributed by atoms with Gasteiger partial charge in [-0.25, -0.2) is 9.37 Å². The number of carbonyl (C=O) groups excluding carboxylic acids is 1. The molecule has 3 aromatic rings. The van der Waals surface area contributed by atoms with Gasteiger partial charge in [0.15, 0.2) is 0 Å². The van der Waals surface area contributed by atoms with Crippen LogP contribution in [0.5, 0.6) is 0 Å². The zero-order valence-corrected chi connectivity index (χ0v) is 16.7. The Morgan fingerprint density at radius 1 is 1.39 bits per heavy atom. The Kier molecular flexibility index (Phi) is 5.02. The first-order valence-electron chi connectivity index (χ1n) is 9.47. The summed E-state index contributed by atoms with van der Waals surface area (Å²) in [4.78, 5) is 31.9. The van der Waals surface area contributed by atoms with Crippen molar-refractivity contribution in [1.29, 1.82) is 0 Å². The van der Waals surface area contributed by atoms with Gasteiger partial charge in [-0.3, -0.25) is 14.2 Å². The topological polar surface area (TPSA) is 64.0 Å². The van der Waals surface area contributed by atoms with E-state index < -0.39 is 0 Å². The second-order valence-corrected chi connectivity index (χ2v) is 8.63. The van der Waals surface area contributed by atoms with Crippen LogP contribution < -0.4 is 10.9 Å². The Morgan fingerprint density at radius 3 is 2.89 bits per heavy atom. The Bertz CT molecular complexity index is 1090. The summed E-state index contributed by atoms with van der Waals surface area (Å²) >= 11 is 1.60. The number of rotatable bonds is 4. The van der Waals surface area contributed by atoms with E-state index in [-0.39, 0.29) is 29.9 Å². The van der Waals surface area contributed by atoms with Crippen molar-refractivity contribution in [2.75, 3.05) is 0 Å². The van der Waals surface area contributed by atoms with Gasteiger partial charge >= 0.3 is 0 Å². The minimum atomic E-state index is -0.318. The summed E-state index contributed by atoms with van der Waals surface area (Å²) in [6.45, 7) is 3.96. The molecule has 5 nitrogen and oxygen atoms in total. The highest BCUT2D eigenvalue weighted by atomic mass is 32.1. The summed E-state index contributed by atoms with van der Waals surface area (Å²) in [6.07, 6.45) is 4.41. The van der Waals surface area contributed by atoms with Crippen LogP contribution in [-0.4, -0.2) is 15.5 Å². The molecule has 1 aliphatic rings. The number of aromatic nitrogens is 2. The number of carbonyl (C=O) groups is 1. The molecule has 0 saturated heterocycles. The predicted molar refractivity (Wildman–Crippen MR) is 108 cm³/mol. The average Bonchev–Trinajstić information content (AvgIpc) is 3.02. The molecule has 0 bridgehead atoms. The van der Waals surface area contributed by atoms with Crippen LogP contribution in [0, 0.1) is 11.7 Å². The minimum absolute atomic E-state index is 0.0890. The number of benzene rings is 1. The number of hydrogen-bond acceptors (Lipinski definition) is 4. The molecule has 0 unspecified atom stereocenters. The van der Waals surface area contributed by atoms with E-state index >= 15 is 0 Å². The number of nitrogens with one attached hydrogen (secondary N) is 1. The lowest BCUT2D eigenvalue weighted by atomic mass is 9.89. The summed E-state index contributed by atoms with van der Waals surface area (Å²) in [5, 5.41) is 3.53. The number of aryl methyl sites for hydroxylation is 1. The second-order valence-electron chi connectivity index (χ2n) is 7.55. The minimum Gasteiger partial charge on any atom is -0.348 e. The molecule has 1 aliphatic carbocycles. The standard InChI is InChI=1S/C21H22FN3O2S/c1-12-3-8-16-17(9-12)28-20-19(16)21(27)25(11-23-20)10-18(26)24-13(2)14-4-6-15(22)7-5-14/h4-7,11-13H,3,8-10H2,1-2H3,(H,24,26)/t12-,13-/m1/s1. The zero-order valence-electron chi connectivity index (χ0n) is 15.9. The highest BCUT2D eigenvalue weighted by Crippen LogP contribution is 2.35. The van der Waals surface area contributed by atoms with Crippen molar-refractivity contribution < 1.29 is 9.18 Å². The first-order chi connectivity index (χ1) is 13.4. The molecule has 0 aliphatic heterocycles. The van der Waals surface area contributed by atoms with Gasteiger partial charge in [0.2, 0.25) is 5.91 Å². The lowest BCUT2D eigenvalue weighted by molar-refractivity contribution is -0.122. The maximum absolute atomic E-state index is 13.1. The van der Waals surface area contributed by atoms with Crippen LogP contribution in [0.3, 0.4) is 0 Å². The van der Waals surface area contributed by atoms with E-state index in [9.17, 15) is 14.0 Å². The molecule has 1 amide bonds. The third-order valence-electron chi connectivity index (χ3n) is 5.34. The molecule has 0 radical (unpaired) electrons. The van der Waals surface area contributed by atoms with Gasteiger partial charge in [0.25, 0.3) is 5.56 Å². The van der Waals surface area contributed by atoms with Crippen molar-refractivity contribution in [1.82, 2.24) is 14.9 Å². The first-order valence-corrected chi connectivity index (χ1v) is 10.3. The number of thiophene rings is 1. The summed E-state index contributed by atoms with van der Waals surface area (Å²) in [7, 11) is 0. The summed E-state index contributed by atoms with van der Waals surface area (Å²) in [5.41, 5.74) is 1.77. The first kappa shape index (κ1) is 18.8. The molecule has 0 fully saturated rings. The second kappa shape index (κ2) is 7.47. The normalized spacial score (nSPS) is 17.3.